The molecule has 19 heavy (non-hydrogen) atoms. The van der Waals surface area contributed by atoms with E-state index in [1.54, 1.807) is 0 Å². The van der Waals surface area contributed by atoms with Gasteiger partial charge in [0.1, 0.15) is 0 Å². The van der Waals surface area contributed by atoms with E-state index in [1.165, 1.54) is 5.56 Å². The van der Waals surface area contributed by atoms with E-state index < -0.39 is 0 Å². The molecule has 0 aliphatic rings. The molecule has 1 N–H and O–H groups in total. The van der Waals surface area contributed by atoms with Gasteiger partial charge in [0.05, 0.1) is 5.56 Å². The standard InChI is InChI=1S/C15H13BrINO/c1-9-4-3-5-14(10(9)2)18-15(19)12-8-11(16)6-7-13(12)17/h3-8H,1-2H3,(H,18,19). The lowest BCUT2D eigenvalue weighted by Crippen LogP contribution is -2.14. The molecule has 0 bridgehead atoms. The molecule has 0 atom stereocenters. The lowest BCUT2D eigenvalue weighted by atomic mass is 10.1. The van der Waals surface area contributed by atoms with Crippen molar-refractivity contribution >= 4 is 50.1 Å². The van der Waals surface area contributed by atoms with Gasteiger partial charge in [-0.3, -0.25) is 4.79 Å². The zero-order chi connectivity index (χ0) is 14.0. The summed E-state index contributed by atoms with van der Waals surface area (Å²) in [6, 6.07) is 11.6. The van der Waals surface area contributed by atoms with Crippen molar-refractivity contribution in [2.45, 2.75) is 13.8 Å². The molecule has 0 aromatic heterocycles. The molecule has 2 aromatic carbocycles. The van der Waals surface area contributed by atoms with Crippen LogP contribution in [0.15, 0.2) is 40.9 Å². The third-order valence-electron chi connectivity index (χ3n) is 3.03. The number of hydrogen-bond donors (Lipinski definition) is 1. The summed E-state index contributed by atoms with van der Waals surface area (Å²) in [5, 5.41) is 2.97. The highest BCUT2D eigenvalue weighted by Gasteiger charge is 2.12. The van der Waals surface area contributed by atoms with Crippen molar-refractivity contribution in [3.63, 3.8) is 0 Å². The van der Waals surface area contributed by atoms with E-state index in [2.05, 4.69) is 43.8 Å². The van der Waals surface area contributed by atoms with E-state index in [1.807, 2.05) is 50.2 Å². The van der Waals surface area contributed by atoms with Gasteiger partial charge in [-0.2, -0.15) is 0 Å². The molecule has 2 rings (SSSR count). The minimum Gasteiger partial charge on any atom is -0.322 e. The van der Waals surface area contributed by atoms with Gasteiger partial charge in [-0.25, -0.2) is 0 Å². The van der Waals surface area contributed by atoms with Crippen LogP contribution in [0.4, 0.5) is 5.69 Å². The molecule has 98 valence electrons. The molecule has 0 spiro atoms. The number of carbonyl (C=O) groups excluding carboxylic acids is 1. The fourth-order valence-electron chi connectivity index (χ4n) is 1.75. The van der Waals surface area contributed by atoms with Crippen LogP contribution in [-0.2, 0) is 0 Å². The third kappa shape index (κ3) is 3.36. The number of halogens is 2. The van der Waals surface area contributed by atoms with Gasteiger partial charge in [-0.1, -0.05) is 28.1 Å². The first kappa shape index (κ1) is 14.5. The fraction of sp³-hybridized carbons (Fsp3) is 0.133. The smallest absolute Gasteiger partial charge is 0.256 e. The van der Waals surface area contributed by atoms with Gasteiger partial charge >= 0.3 is 0 Å². The molecule has 0 radical (unpaired) electrons. The normalized spacial score (nSPS) is 10.3. The van der Waals surface area contributed by atoms with Crippen LogP contribution in [0.2, 0.25) is 0 Å². The van der Waals surface area contributed by atoms with Crippen molar-refractivity contribution in [2.24, 2.45) is 0 Å². The number of benzene rings is 2. The van der Waals surface area contributed by atoms with E-state index in [9.17, 15) is 4.79 Å². The molecule has 0 fully saturated rings. The van der Waals surface area contributed by atoms with Gasteiger partial charge in [0.15, 0.2) is 0 Å². The van der Waals surface area contributed by atoms with Crippen molar-refractivity contribution in [1.82, 2.24) is 0 Å². The molecule has 0 unspecified atom stereocenters. The summed E-state index contributed by atoms with van der Waals surface area (Å²) in [4.78, 5) is 12.3. The Morgan fingerprint density at radius 1 is 1.21 bits per heavy atom. The second-order valence-corrected chi connectivity index (χ2v) is 6.40. The van der Waals surface area contributed by atoms with Gasteiger partial charge in [-0.15, -0.1) is 0 Å². The van der Waals surface area contributed by atoms with E-state index >= 15 is 0 Å². The Balaban J connectivity index is 2.31. The van der Waals surface area contributed by atoms with Gasteiger partial charge in [0.2, 0.25) is 0 Å². The molecule has 0 aliphatic heterocycles. The monoisotopic (exact) mass is 429 g/mol. The maximum atomic E-state index is 12.3. The lowest BCUT2D eigenvalue weighted by molar-refractivity contribution is 0.102. The second kappa shape index (κ2) is 6.05. The molecule has 0 saturated carbocycles. The van der Waals surface area contributed by atoms with Gasteiger partial charge < -0.3 is 5.32 Å². The predicted molar refractivity (Wildman–Crippen MR) is 90.7 cm³/mol. The van der Waals surface area contributed by atoms with Crippen molar-refractivity contribution in [1.29, 1.82) is 0 Å². The summed E-state index contributed by atoms with van der Waals surface area (Å²) in [5.74, 6) is -0.0839. The molecule has 0 heterocycles. The van der Waals surface area contributed by atoms with Crippen LogP contribution < -0.4 is 5.32 Å². The van der Waals surface area contributed by atoms with Crippen molar-refractivity contribution in [3.05, 3.63) is 61.1 Å². The van der Waals surface area contributed by atoms with Gasteiger partial charge in [-0.05, 0) is 71.8 Å². The number of nitrogens with one attached hydrogen (secondary N) is 1. The molecular weight excluding hydrogens is 417 g/mol. The maximum Gasteiger partial charge on any atom is 0.256 e. The van der Waals surface area contributed by atoms with E-state index in [4.69, 9.17) is 0 Å². The Morgan fingerprint density at radius 3 is 2.68 bits per heavy atom. The van der Waals surface area contributed by atoms with E-state index in [0.29, 0.717) is 5.56 Å². The largest absolute Gasteiger partial charge is 0.322 e. The highest BCUT2D eigenvalue weighted by atomic mass is 127. The molecule has 0 aliphatic carbocycles. The molecule has 2 nitrogen and oxygen atoms in total. The lowest BCUT2D eigenvalue weighted by Gasteiger charge is -2.11. The number of anilines is 1. The Bertz CT molecular complexity index is 640. The summed E-state index contributed by atoms with van der Waals surface area (Å²) < 4.78 is 1.84. The van der Waals surface area contributed by atoms with Crippen LogP contribution in [0.1, 0.15) is 21.5 Å². The number of hydrogen-bond acceptors (Lipinski definition) is 1. The maximum absolute atomic E-state index is 12.3. The number of carbonyl (C=O) groups is 1. The van der Waals surface area contributed by atoms with Crippen LogP contribution in [0.3, 0.4) is 0 Å². The number of rotatable bonds is 2. The molecule has 0 saturated heterocycles. The van der Waals surface area contributed by atoms with E-state index in [0.717, 1.165) is 19.3 Å². The highest BCUT2D eigenvalue weighted by Crippen LogP contribution is 2.22. The minimum absolute atomic E-state index is 0.0839. The Morgan fingerprint density at radius 2 is 1.95 bits per heavy atom. The molecule has 4 heteroatoms. The van der Waals surface area contributed by atoms with Crippen LogP contribution in [0.5, 0.6) is 0 Å². The number of aryl methyl sites for hydroxylation is 1. The topological polar surface area (TPSA) is 29.1 Å². The van der Waals surface area contributed by atoms with Gasteiger partial charge in [0.25, 0.3) is 5.91 Å². The predicted octanol–water partition coefficient (Wildman–Crippen LogP) is 4.92. The van der Waals surface area contributed by atoms with Crippen molar-refractivity contribution < 1.29 is 4.79 Å². The average molecular weight is 430 g/mol. The van der Waals surface area contributed by atoms with Crippen LogP contribution in [0, 0.1) is 17.4 Å². The SMILES string of the molecule is Cc1cccc(NC(=O)c2cc(Br)ccc2I)c1C. The number of amides is 1. The summed E-state index contributed by atoms with van der Waals surface area (Å²) >= 11 is 5.56. The quantitative estimate of drug-likeness (QED) is 0.674. The summed E-state index contributed by atoms with van der Waals surface area (Å²) in [6.45, 7) is 4.05. The Labute approximate surface area is 134 Å². The average Bonchev–Trinajstić information content (AvgIpc) is 2.38. The first-order valence-corrected chi connectivity index (χ1v) is 7.69. The summed E-state index contributed by atoms with van der Waals surface area (Å²) in [5.41, 5.74) is 3.80. The second-order valence-electron chi connectivity index (χ2n) is 4.33. The summed E-state index contributed by atoms with van der Waals surface area (Å²) in [7, 11) is 0. The molecular formula is C15H13BrINO. The zero-order valence-electron chi connectivity index (χ0n) is 10.6. The molecule has 1 amide bonds. The van der Waals surface area contributed by atoms with Crippen LogP contribution in [-0.4, -0.2) is 5.91 Å². The first-order chi connectivity index (χ1) is 8.99. The molecule has 2 aromatic rings. The van der Waals surface area contributed by atoms with E-state index in [-0.39, 0.29) is 5.91 Å². The Hall–Kier alpha value is -0.880. The third-order valence-corrected chi connectivity index (χ3v) is 4.46. The minimum atomic E-state index is -0.0839. The Kier molecular flexibility index (Phi) is 4.62. The highest BCUT2D eigenvalue weighted by molar-refractivity contribution is 14.1. The van der Waals surface area contributed by atoms with Crippen molar-refractivity contribution in [3.8, 4) is 0 Å². The first-order valence-electron chi connectivity index (χ1n) is 5.81. The van der Waals surface area contributed by atoms with Crippen LogP contribution >= 0.6 is 38.5 Å². The fourth-order valence-corrected chi connectivity index (χ4v) is 2.69. The zero-order valence-corrected chi connectivity index (χ0v) is 14.4. The summed E-state index contributed by atoms with van der Waals surface area (Å²) in [6.07, 6.45) is 0. The van der Waals surface area contributed by atoms with Crippen molar-refractivity contribution in [2.75, 3.05) is 5.32 Å². The van der Waals surface area contributed by atoms with Gasteiger partial charge in [0, 0.05) is 13.7 Å². The van der Waals surface area contributed by atoms with Crippen LogP contribution in [0.25, 0.3) is 0 Å².